The minimum Gasteiger partial charge on any atom is -0.330 e. The first-order valence-electron chi connectivity index (χ1n) is 3.48. The lowest BCUT2D eigenvalue weighted by Crippen LogP contribution is -2.03. The number of hydrogen-bond acceptors (Lipinski definition) is 1. The van der Waals surface area contributed by atoms with Crippen LogP contribution in [0.2, 0.25) is 10.0 Å². The Balaban J connectivity index is 0.00000144. The molecule has 0 aliphatic rings. The summed E-state index contributed by atoms with van der Waals surface area (Å²) in [5, 5.41) is 0.507. The minimum atomic E-state index is -0.454. The number of hydrogen-bond donors (Lipinski definition) is 1. The third-order valence-electron chi connectivity index (χ3n) is 1.50. The number of rotatable bonds is 2. The van der Waals surface area contributed by atoms with Gasteiger partial charge in [-0.1, -0.05) is 23.2 Å². The van der Waals surface area contributed by atoms with Crippen LogP contribution in [0.15, 0.2) is 12.1 Å². The molecule has 13 heavy (non-hydrogen) atoms. The van der Waals surface area contributed by atoms with Gasteiger partial charge in [0.05, 0.1) is 5.02 Å². The molecule has 0 unspecified atom stereocenters. The van der Waals surface area contributed by atoms with E-state index >= 15 is 0 Å². The molecule has 1 rings (SSSR count). The molecule has 74 valence electrons. The van der Waals surface area contributed by atoms with E-state index in [0.717, 1.165) is 0 Å². The maximum Gasteiger partial charge on any atom is 0.142 e. The van der Waals surface area contributed by atoms with Gasteiger partial charge in [0, 0.05) is 5.02 Å². The Bertz CT molecular complexity index is 291. The van der Waals surface area contributed by atoms with E-state index in [4.69, 9.17) is 28.9 Å². The van der Waals surface area contributed by atoms with Crippen molar-refractivity contribution in [1.29, 1.82) is 0 Å². The highest BCUT2D eigenvalue weighted by Gasteiger charge is 2.05. The zero-order chi connectivity index (χ0) is 9.14. The summed E-state index contributed by atoms with van der Waals surface area (Å²) in [5.74, 6) is -0.454. The molecule has 0 saturated carbocycles. The Labute approximate surface area is 92.4 Å². The second kappa shape index (κ2) is 5.66. The van der Waals surface area contributed by atoms with E-state index in [2.05, 4.69) is 0 Å². The van der Waals surface area contributed by atoms with Gasteiger partial charge in [-0.3, -0.25) is 0 Å². The molecular formula is C8H9Cl3FN. The van der Waals surface area contributed by atoms with Crippen LogP contribution in [0.5, 0.6) is 0 Å². The van der Waals surface area contributed by atoms with E-state index in [1.807, 2.05) is 0 Å². The quantitative estimate of drug-likeness (QED) is 0.795. The molecule has 0 atom stereocenters. The minimum absolute atomic E-state index is 0. The third-order valence-corrected chi connectivity index (χ3v) is 2.14. The van der Waals surface area contributed by atoms with Gasteiger partial charge < -0.3 is 5.73 Å². The normalized spacial score (nSPS) is 9.54. The molecule has 0 aromatic heterocycles. The van der Waals surface area contributed by atoms with Gasteiger partial charge >= 0.3 is 0 Å². The number of halogens is 4. The van der Waals surface area contributed by atoms with Crippen LogP contribution in [0.3, 0.4) is 0 Å². The fraction of sp³-hybridized carbons (Fsp3) is 0.250. The highest BCUT2D eigenvalue weighted by Crippen LogP contribution is 2.24. The summed E-state index contributed by atoms with van der Waals surface area (Å²) in [4.78, 5) is 0. The fourth-order valence-electron chi connectivity index (χ4n) is 0.911. The molecular weight excluding hydrogens is 235 g/mol. The standard InChI is InChI=1S/C8H8Cl2FN.ClH/c9-6-4-7(10)8(11)3-5(6)1-2-12;/h3-4H,1-2,12H2;1H. The van der Waals surface area contributed by atoms with Crippen LogP contribution in [-0.4, -0.2) is 6.54 Å². The maximum atomic E-state index is 12.9. The average Bonchev–Trinajstić information content (AvgIpc) is 2.01. The van der Waals surface area contributed by atoms with Gasteiger partial charge in [0.1, 0.15) is 5.82 Å². The van der Waals surface area contributed by atoms with E-state index in [1.165, 1.54) is 12.1 Å². The molecule has 0 aliphatic heterocycles. The van der Waals surface area contributed by atoms with Crippen LogP contribution in [0, 0.1) is 5.82 Å². The van der Waals surface area contributed by atoms with Crippen molar-refractivity contribution in [3.8, 4) is 0 Å². The molecule has 1 aromatic rings. The van der Waals surface area contributed by atoms with Crippen molar-refractivity contribution in [3.63, 3.8) is 0 Å². The summed E-state index contributed by atoms with van der Waals surface area (Å²) in [6.07, 6.45) is 0.562. The van der Waals surface area contributed by atoms with E-state index in [9.17, 15) is 4.39 Å². The molecule has 2 N–H and O–H groups in total. The first kappa shape index (κ1) is 13.0. The lowest BCUT2D eigenvalue weighted by atomic mass is 10.1. The Morgan fingerprint density at radius 3 is 2.38 bits per heavy atom. The van der Waals surface area contributed by atoms with Crippen molar-refractivity contribution in [2.24, 2.45) is 5.73 Å². The Morgan fingerprint density at radius 1 is 1.23 bits per heavy atom. The molecule has 1 aromatic carbocycles. The van der Waals surface area contributed by atoms with Gasteiger partial charge in [-0.2, -0.15) is 0 Å². The molecule has 0 radical (unpaired) electrons. The summed E-state index contributed by atoms with van der Waals surface area (Å²) >= 11 is 11.3. The molecule has 0 heterocycles. The summed E-state index contributed by atoms with van der Waals surface area (Å²) in [5.41, 5.74) is 6.00. The molecule has 0 spiro atoms. The molecule has 0 aliphatic carbocycles. The average molecular weight is 245 g/mol. The van der Waals surface area contributed by atoms with Crippen molar-refractivity contribution in [3.05, 3.63) is 33.6 Å². The number of benzene rings is 1. The first-order valence-corrected chi connectivity index (χ1v) is 4.24. The van der Waals surface area contributed by atoms with Gasteiger partial charge in [-0.25, -0.2) is 4.39 Å². The second-order valence-electron chi connectivity index (χ2n) is 2.40. The Hall–Kier alpha value is -0.0200. The molecule has 0 bridgehead atoms. The summed E-state index contributed by atoms with van der Waals surface area (Å²) in [7, 11) is 0. The van der Waals surface area contributed by atoms with E-state index in [0.29, 0.717) is 23.6 Å². The zero-order valence-electron chi connectivity index (χ0n) is 6.69. The van der Waals surface area contributed by atoms with Crippen LogP contribution < -0.4 is 5.73 Å². The van der Waals surface area contributed by atoms with Crippen molar-refractivity contribution < 1.29 is 4.39 Å². The first-order chi connectivity index (χ1) is 5.65. The largest absolute Gasteiger partial charge is 0.330 e. The van der Waals surface area contributed by atoms with Gasteiger partial charge in [-0.15, -0.1) is 12.4 Å². The molecule has 0 fully saturated rings. The van der Waals surface area contributed by atoms with Crippen molar-refractivity contribution >= 4 is 35.6 Å². The van der Waals surface area contributed by atoms with Crippen LogP contribution in [0.1, 0.15) is 5.56 Å². The predicted molar refractivity (Wildman–Crippen MR) is 56.4 cm³/mol. The smallest absolute Gasteiger partial charge is 0.142 e. The lowest BCUT2D eigenvalue weighted by molar-refractivity contribution is 0.626. The SMILES string of the molecule is Cl.NCCc1cc(F)c(Cl)cc1Cl. The van der Waals surface area contributed by atoms with Gasteiger partial charge in [0.25, 0.3) is 0 Å². The fourth-order valence-corrected chi connectivity index (χ4v) is 1.39. The summed E-state index contributed by atoms with van der Waals surface area (Å²) in [6, 6.07) is 2.71. The van der Waals surface area contributed by atoms with E-state index < -0.39 is 5.82 Å². The van der Waals surface area contributed by atoms with Gasteiger partial charge in [0.2, 0.25) is 0 Å². The third kappa shape index (κ3) is 3.31. The second-order valence-corrected chi connectivity index (χ2v) is 3.21. The molecule has 5 heteroatoms. The predicted octanol–water partition coefficient (Wildman–Crippen LogP) is 3.06. The van der Waals surface area contributed by atoms with Crippen LogP contribution in [0.25, 0.3) is 0 Å². The number of nitrogens with two attached hydrogens (primary N) is 1. The lowest BCUT2D eigenvalue weighted by Gasteiger charge is -2.03. The zero-order valence-corrected chi connectivity index (χ0v) is 9.02. The van der Waals surface area contributed by atoms with Crippen molar-refractivity contribution in [1.82, 2.24) is 0 Å². The maximum absolute atomic E-state index is 12.9. The van der Waals surface area contributed by atoms with E-state index in [1.54, 1.807) is 0 Å². The van der Waals surface area contributed by atoms with Gasteiger partial charge in [0.15, 0.2) is 0 Å². The summed E-state index contributed by atoms with van der Waals surface area (Å²) < 4.78 is 12.9. The topological polar surface area (TPSA) is 26.0 Å². The molecule has 1 nitrogen and oxygen atoms in total. The van der Waals surface area contributed by atoms with Gasteiger partial charge in [-0.05, 0) is 30.7 Å². The van der Waals surface area contributed by atoms with Crippen LogP contribution >= 0.6 is 35.6 Å². The highest BCUT2D eigenvalue weighted by atomic mass is 35.5. The van der Waals surface area contributed by atoms with Crippen LogP contribution in [0.4, 0.5) is 4.39 Å². The van der Waals surface area contributed by atoms with Crippen molar-refractivity contribution in [2.75, 3.05) is 6.54 Å². The Kier molecular flexibility index (Phi) is 5.65. The summed E-state index contributed by atoms with van der Waals surface area (Å²) in [6.45, 7) is 0.445. The molecule has 0 amide bonds. The van der Waals surface area contributed by atoms with Crippen LogP contribution in [-0.2, 0) is 6.42 Å². The highest BCUT2D eigenvalue weighted by molar-refractivity contribution is 6.35. The Morgan fingerprint density at radius 2 is 1.85 bits per heavy atom. The van der Waals surface area contributed by atoms with E-state index in [-0.39, 0.29) is 17.4 Å². The molecule has 0 saturated heterocycles. The monoisotopic (exact) mass is 243 g/mol. The van der Waals surface area contributed by atoms with Crippen molar-refractivity contribution in [2.45, 2.75) is 6.42 Å².